The van der Waals surface area contributed by atoms with Gasteiger partial charge in [0.2, 0.25) is 5.91 Å². The van der Waals surface area contributed by atoms with E-state index in [0.29, 0.717) is 19.5 Å². The SMILES string of the molecule is Cc1ccc(Br)c(NC(=O)C2CCN(C(=O)OC(C)(C)C)C2)c1. The molecule has 0 aromatic heterocycles. The van der Waals surface area contributed by atoms with Gasteiger partial charge in [-0.3, -0.25) is 4.79 Å². The monoisotopic (exact) mass is 382 g/mol. The Bertz CT molecular complexity index is 610. The number of carbonyl (C=O) groups is 2. The molecular formula is C17H23BrN2O3. The Labute approximate surface area is 145 Å². The Morgan fingerprint density at radius 1 is 1.35 bits per heavy atom. The van der Waals surface area contributed by atoms with Gasteiger partial charge in [-0.05, 0) is 67.7 Å². The number of nitrogens with one attached hydrogen (secondary N) is 1. The molecule has 5 nitrogen and oxygen atoms in total. The largest absolute Gasteiger partial charge is 0.444 e. The minimum absolute atomic E-state index is 0.0673. The second-order valence-electron chi connectivity index (χ2n) is 6.88. The summed E-state index contributed by atoms with van der Waals surface area (Å²) in [6.07, 6.45) is 0.290. The molecule has 0 bridgehead atoms. The lowest BCUT2D eigenvalue weighted by Gasteiger charge is -2.24. The predicted octanol–water partition coefficient (Wildman–Crippen LogP) is 3.95. The third-order valence-corrected chi connectivity index (χ3v) is 4.28. The number of ether oxygens (including phenoxy) is 1. The maximum Gasteiger partial charge on any atom is 0.410 e. The molecule has 2 rings (SSSR count). The van der Waals surface area contributed by atoms with Crippen molar-refractivity contribution in [1.29, 1.82) is 0 Å². The molecule has 1 saturated heterocycles. The molecule has 1 atom stereocenters. The first-order valence-electron chi connectivity index (χ1n) is 7.70. The summed E-state index contributed by atoms with van der Waals surface area (Å²) in [5.74, 6) is -0.280. The Morgan fingerprint density at radius 2 is 2.04 bits per heavy atom. The molecule has 1 N–H and O–H groups in total. The maximum absolute atomic E-state index is 12.4. The fourth-order valence-electron chi connectivity index (χ4n) is 2.44. The first-order chi connectivity index (χ1) is 10.7. The number of benzene rings is 1. The molecule has 1 unspecified atom stereocenters. The van der Waals surface area contributed by atoms with Crippen LogP contribution in [0.15, 0.2) is 22.7 Å². The molecule has 0 radical (unpaired) electrons. The number of anilines is 1. The van der Waals surface area contributed by atoms with Crippen molar-refractivity contribution in [1.82, 2.24) is 4.90 Å². The van der Waals surface area contributed by atoms with Crippen LogP contribution >= 0.6 is 15.9 Å². The van der Waals surface area contributed by atoms with E-state index >= 15 is 0 Å². The van der Waals surface area contributed by atoms with Crippen LogP contribution in [0.25, 0.3) is 0 Å². The van der Waals surface area contributed by atoms with Crippen LogP contribution in [0.5, 0.6) is 0 Å². The summed E-state index contributed by atoms with van der Waals surface area (Å²) in [5, 5.41) is 2.94. The Kier molecular flexibility index (Phi) is 5.34. The maximum atomic E-state index is 12.4. The predicted molar refractivity (Wildman–Crippen MR) is 93.4 cm³/mol. The van der Waals surface area contributed by atoms with Gasteiger partial charge >= 0.3 is 6.09 Å². The topological polar surface area (TPSA) is 58.6 Å². The van der Waals surface area contributed by atoms with E-state index in [9.17, 15) is 9.59 Å². The molecule has 126 valence electrons. The van der Waals surface area contributed by atoms with Gasteiger partial charge in [-0.2, -0.15) is 0 Å². The molecule has 1 heterocycles. The third-order valence-electron chi connectivity index (χ3n) is 3.59. The highest BCUT2D eigenvalue weighted by atomic mass is 79.9. The quantitative estimate of drug-likeness (QED) is 0.841. The molecule has 23 heavy (non-hydrogen) atoms. The molecule has 1 aliphatic heterocycles. The van der Waals surface area contributed by atoms with Crippen LogP contribution in [-0.2, 0) is 9.53 Å². The summed E-state index contributed by atoms with van der Waals surface area (Å²) in [6.45, 7) is 8.41. The van der Waals surface area contributed by atoms with Crippen molar-refractivity contribution in [2.45, 2.75) is 39.7 Å². The lowest BCUT2D eigenvalue weighted by Crippen LogP contribution is -2.36. The number of halogens is 1. The first kappa shape index (κ1) is 17.8. The van der Waals surface area contributed by atoms with Crippen molar-refractivity contribution in [3.63, 3.8) is 0 Å². The van der Waals surface area contributed by atoms with E-state index in [1.54, 1.807) is 4.90 Å². The number of hydrogen-bond donors (Lipinski definition) is 1. The molecule has 0 saturated carbocycles. The summed E-state index contributed by atoms with van der Waals surface area (Å²) < 4.78 is 6.20. The Balaban J connectivity index is 1.95. The minimum Gasteiger partial charge on any atom is -0.444 e. The average Bonchev–Trinajstić information content (AvgIpc) is 2.91. The smallest absolute Gasteiger partial charge is 0.410 e. The van der Waals surface area contributed by atoms with Crippen LogP contribution < -0.4 is 5.32 Å². The van der Waals surface area contributed by atoms with Crippen LogP contribution in [0, 0.1) is 12.8 Å². The number of aryl methyl sites for hydroxylation is 1. The normalized spacial score (nSPS) is 18.0. The Hall–Kier alpha value is -1.56. The lowest BCUT2D eigenvalue weighted by atomic mass is 10.1. The van der Waals surface area contributed by atoms with Gasteiger partial charge in [0.15, 0.2) is 0 Å². The van der Waals surface area contributed by atoms with Gasteiger partial charge in [0, 0.05) is 17.6 Å². The summed E-state index contributed by atoms with van der Waals surface area (Å²) >= 11 is 3.44. The number of carbonyl (C=O) groups excluding carboxylic acids is 2. The van der Waals surface area contributed by atoms with Gasteiger partial charge in [0.1, 0.15) is 5.60 Å². The molecule has 0 spiro atoms. The van der Waals surface area contributed by atoms with Crippen LogP contribution in [0.2, 0.25) is 0 Å². The minimum atomic E-state index is -0.524. The highest BCUT2D eigenvalue weighted by Gasteiger charge is 2.33. The number of likely N-dealkylation sites (tertiary alicyclic amines) is 1. The van der Waals surface area contributed by atoms with E-state index in [-0.39, 0.29) is 17.9 Å². The van der Waals surface area contributed by atoms with Crippen molar-refractivity contribution in [2.24, 2.45) is 5.92 Å². The molecule has 0 aliphatic carbocycles. The summed E-state index contributed by atoms with van der Waals surface area (Å²) in [4.78, 5) is 26.1. The first-order valence-corrected chi connectivity index (χ1v) is 8.50. The van der Waals surface area contributed by atoms with Crippen LogP contribution in [0.4, 0.5) is 10.5 Å². The van der Waals surface area contributed by atoms with E-state index in [2.05, 4.69) is 21.2 Å². The molecule has 1 aromatic carbocycles. The Morgan fingerprint density at radius 3 is 2.70 bits per heavy atom. The van der Waals surface area contributed by atoms with Crippen molar-refractivity contribution in [2.75, 3.05) is 18.4 Å². The molecule has 1 aromatic rings. The zero-order chi connectivity index (χ0) is 17.2. The summed E-state index contributed by atoms with van der Waals surface area (Å²) in [5.41, 5.74) is 1.31. The number of nitrogens with zero attached hydrogens (tertiary/aromatic N) is 1. The van der Waals surface area contributed by atoms with E-state index in [0.717, 1.165) is 15.7 Å². The van der Waals surface area contributed by atoms with Gasteiger partial charge in [0.25, 0.3) is 0 Å². The van der Waals surface area contributed by atoms with Crippen LogP contribution in [0.1, 0.15) is 32.8 Å². The van der Waals surface area contributed by atoms with Gasteiger partial charge < -0.3 is 15.0 Å². The van der Waals surface area contributed by atoms with E-state index in [1.165, 1.54) is 0 Å². The summed E-state index contributed by atoms with van der Waals surface area (Å²) in [6, 6.07) is 5.80. The molecule has 1 aliphatic rings. The number of hydrogen-bond acceptors (Lipinski definition) is 3. The van der Waals surface area contributed by atoms with Crippen LogP contribution in [0.3, 0.4) is 0 Å². The number of rotatable bonds is 2. The van der Waals surface area contributed by atoms with Crippen molar-refractivity contribution >= 4 is 33.6 Å². The zero-order valence-electron chi connectivity index (χ0n) is 14.0. The molecular weight excluding hydrogens is 360 g/mol. The standard InChI is InChI=1S/C17H23BrN2O3/c1-11-5-6-13(18)14(9-11)19-15(21)12-7-8-20(10-12)16(22)23-17(2,3)4/h5-6,9,12H,7-8,10H2,1-4H3,(H,19,21). The highest BCUT2D eigenvalue weighted by Crippen LogP contribution is 2.26. The number of amides is 2. The fraction of sp³-hybridized carbons (Fsp3) is 0.529. The molecule has 6 heteroatoms. The zero-order valence-corrected chi connectivity index (χ0v) is 15.6. The van der Waals surface area contributed by atoms with Crippen LogP contribution in [-0.4, -0.2) is 35.6 Å². The van der Waals surface area contributed by atoms with Crippen molar-refractivity contribution < 1.29 is 14.3 Å². The van der Waals surface area contributed by atoms with Crippen molar-refractivity contribution in [3.05, 3.63) is 28.2 Å². The summed E-state index contributed by atoms with van der Waals surface area (Å²) in [7, 11) is 0. The second kappa shape index (κ2) is 6.91. The average molecular weight is 383 g/mol. The second-order valence-corrected chi connectivity index (χ2v) is 7.74. The van der Waals surface area contributed by atoms with Crippen molar-refractivity contribution in [3.8, 4) is 0 Å². The fourth-order valence-corrected chi connectivity index (χ4v) is 2.78. The van der Waals surface area contributed by atoms with E-state index in [1.807, 2.05) is 45.9 Å². The molecule has 1 fully saturated rings. The highest BCUT2D eigenvalue weighted by molar-refractivity contribution is 9.10. The van der Waals surface area contributed by atoms with E-state index in [4.69, 9.17) is 4.74 Å². The molecule has 2 amide bonds. The van der Waals surface area contributed by atoms with Gasteiger partial charge in [-0.1, -0.05) is 6.07 Å². The third kappa shape index (κ3) is 4.96. The van der Waals surface area contributed by atoms with Gasteiger partial charge in [-0.15, -0.1) is 0 Å². The van der Waals surface area contributed by atoms with E-state index < -0.39 is 5.60 Å². The van der Waals surface area contributed by atoms with Gasteiger partial charge in [0.05, 0.1) is 11.6 Å². The van der Waals surface area contributed by atoms with Gasteiger partial charge in [-0.25, -0.2) is 4.79 Å². The lowest BCUT2D eigenvalue weighted by molar-refractivity contribution is -0.119.